The van der Waals surface area contributed by atoms with Gasteiger partial charge in [-0.2, -0.15) is 5.26 Å². The lowest BCUT2D eigenvalue weighted by Crippen LogP contribution is -2.12. The summed E-state index contributed by atoms with van der Waals surface area (Å²) in [6.07, 6.45) is 2.36. The molecule has 0 bridgehead atoms. The third kappa shape index (κ3) is 3.89. The molecule has 0 aromatic heterocycles. The molecular formula is C15H19NO2. The van der Waals surface area contributed by atoms with Crippen molar-refractivity contribution in [1.29, 1.82) is 5.26 Å². The zero-order valence-electron chi connectivity index (χ0n) is 11.0. The third-order valence-corrected chi connectivity index (χ3v) is 2.64. The summed E-state index contributed by atoms with van der Waals surface area (Å²) in [5, 5.41) is 9.00. The van der Waals surface area contributed by atoms with Gasteiger partial charge in [0.1, 0.15) is 11.7 Å². The van der Waals surface area contributed by atoms with Crippen LogP contribution in [0.5, 0.6) is 5.75 Å². The molecule has 1 aromatic rings. The van der Waals surface area contributed by atoms with E-state index in [1.165, 1.54) is 0 Å². The molecule has 1 unspecified atom stereocenters. The lowest BCUT2D eigenvalue weighted by atomic mass is 9.95. The average molecular weight is 245 g/mol. The lowest BCUT2D eigenvalue weighted by Gasteiger charge is -2.09. The summed E-state index contributed by atoms with van der Waals surface area (Å²) in [6, 6.07) is 9.15. The van der Waals surface area contributed by atoms with Crippen molar-refractivity contribution in [3.8, 4) is 11.8 Å². The standard InChI is InChI=1S/C15H19NO2/c1-3-6-13(11-16)15(17)12-7-5-8-14(10-12)18-9-4-2/h5,7-8,10,13H,3-4,6,9H2,1-2H3. The number of carbonyl (C=O) groups excluding carboxylic acids is 1. The van der Waals surface area contributed by atoms with Crippen molar-refractivity contribution in [3.05, 3.63) is 29.8 Å². The Morgan fingerprint density at radius 2 is 2.17 bits per heavy atom. The molecule has 0 saturated heterocycles. The summed E-state index contributed by atoms with van der Waals surface area (Å²) in [6.45, 7) is 4.63. The molecule has 0 aliphatic carbocycles. The highest BCUT2D eigenvalue weighted by Gasteiger charge is 2.18. The van der Waals surface area contributed by atoms with Gasteiger partial charge in [0.15, 0.2) is 5.78 Å². The molecule has 0 saturated carbocycles. The van der Waals surface area contributed by atoms with Gasteiger partial charge < -0.3 is 4.74 Å². The molecular weight excluding hydrogens is 226 g/mol. The molecule has 0 spiro atoms. The van der Waals surface area contributed by atoms with Crippen LogP contribution in [0.15, 0.2) is 24.3 Å². The van der Waals surface area contributed by atoms with Crippen LogP contribution in [0.2, 0.25) is 0 Å². The van der Waals surface area contributed by atoms with Gasteiger partial charge in [0.25, 0.3) is 0 Å². The second-order valence-electron chi connectivity index (χ2n) is 4.21. The predicted octanol–water partition coefficient (Wildman–Crippen LogP) is 3.60. The monoisotopic (exact) mass is 245 g/mol. The molecule has 1 aromatic carbocycles. The molecule has 0 N–H and O–H groups in total. The number of ether oxygens (including phenoxy) is 1. The van der Waals surface area contributed by atoms with Gasteiger partial charge in [-0.15, -0.1) is 0 Å². The Balaban J connectivity index is 2.82. The molecule has 96 valence electrons. The highest BCUT2D eigenvalue weighted by atomic mass is 16.5. The van der Waals surface area contributed by atoms with E-state index in [2.05, 4.69) is 6.07 Å². The first-order valence-corrected chi connectivity index (χ1v) is 6.39. The van der Waals surface area contributed by atoms with E-state index in [4.69, 9.17) is 10.00 Å². The summed E-state index contributed by atoms with van der Waals surface area (Å²) in [7, 11) is 0. The fraction of sp³-hybridized carbons (Fsp3) is 0.467. The third-order valence-electron chi connectivity index (χ3n) is 2.64. The van der Waals surface area contributed by atoms with Crippen LogP contribution in [0.4, 0.5) is 0 Å². The molecule has 0 fully saturated rings. The minimum atomic E-state index is -0.545. The van der Waals surface area contributed by atoms with Gasteiger partial charge in [0, 0.05) is 5.56 Å². The van der Waals surface area contributed by atoms with E-state index in [0.29, 0.717) is 24.3 Å². The van der Waals surface area contributed by atoms with Crippen molar-refractivity contribution in [3.63, 3.8) is 0 Å². The van der Waals surface area contributed by atoms with E-state index in [1.54, 1.807) is 18.2 Å². The van der Waals surface area contributed by atoms with Crippen molar-refractivity contribution in [2.45, 2.75) is 33.1 Å². The van der Waals surface area contributed by atoms with E-state index < -0.39 is 5.92 Å². The maximum atomic E-state index is 12.1. The minimum absolute atomic E-state index is 0.110. The van der Waals surface area contributed by atoms with E-state index in [-0.39, 0.29) is 5.78 Å². The summed E-state index contributed by atoms with van der Waals surface area (Å²) >= 11 is 0. The molecule has 0 radical (unpaired) electrons. The van der Waals surface area contributed by atoms with Gasteiger partial charge in [-0.25, -0.2) is 0 Å². The smallest absolute Gasteiger partial charge is 0.180 e. The number of nitriles is 1. The maximum Gasteiger partial charge on any atom is 0.180 e. The van der Waals surface area contributed by atoms with Gasteiger partial charge in [-0.3, -0.25) is 4.79 Å². The normalized spacial score (nSPS) is 11.6. The fourth-order valence-corrected chi connectivity index (χ4v) is 1.70. The predicted molar refractivity (Wildman–Crippen MR) is 70.6 cm³/mol. The molecule has 3 heteroatoms. The van der Waals surface area contributed by atoms with Crippen LogP contribution in [0.25, 0.3) is 0 Å². The lowest BCUT2D eigenvalue weighted by molar-refractivity contribution is 0.0943. The molecule has 1 atom stereocenters. The second kappa shape index (κ2) is 7.50. The van der Waals surface area contributed by atoms with Crippen LogP contribution in [0.1, 0.15) is 43.5 Å². The number of hydrogen-bond donors (Lipinski definition) is 0. The zero-order valence-corrected chi connectivity index (χ0v) is 11.0. The van der Waals surface area contributed by atoms with Crippen LogP contribution in [-0.2, 0) is 0 Å². The first-order chi connectivity index (χ1) is 8.72. The number of benzene rings is 1. The van der Waals surface area contributed by atoms with E-state index in [0.717, 1.165) is 12.8 Å². The van der Waals surface area contributed by atoms with E-state index in [1.807, 2.05) is 19.9 Å². The Labute approximate surface area is 108 Å². The van der Waals surface area contributed by atoms with Crippen LogP contribution in [0, 0.1) is 17.2 Å². The summed E-state index contributed by atoms with van der Waals surface area (Å²) in [5.41, 5.74) is 0.559. The first-order valence-electron chi connectivity index (χ1n) is 6.39. The Kier molecular flexibility index (Phi) is 5.93. The Morgan fingerprint density at radius 3 is 2.78 bits per heavy atom. The quantitative estimate of drug-likeness (QED) is 0.690. The summed E-state index contributed by atoms with van der Waals surface area (Å²) in [5.74, 6) is 0.0358. The summed E-state index contributed by atoms with van der Waals surface area (Å²) in [4.78, 5) is 12.1. The minimum Gasteiger partial charge on any atom is -0.494 e. The fourth-order valence-electron chi connectivity index (χ4n) is 1.70. The number of Topliss-reactive ketones (excluding diaryl/α,β-unsaturated/α-hetero) is 1. The highest BCUT2D eigenvalue weighted by molar-refractivity contribution is 5.99. The molecule has 0 amide bonds. The van der Waals surface area contributed by atoms with Crippen molar-refractivity contribution in [1.82, 2.24) is 0 Å². The summed E-state index contributed by atoms with van der Waals surface area (Å²) < 4.78 is 5.48. The Morgan fingerprint density at radius 1 is 1.39 bits per heavy atom. The van der Waals surface area contributed by atoms with Gasteiger partial charge >= 0.3 is 0 Å². The zero-order chi connectivity index (χ0) is 13.4. The van der Waals surface area contributed by atoms with Crippen molar-refractivity contribution >= 4 is 5.78 Å². The van der Waals surface area contributed by atoms with Crippen LogP contribution < -0.4 is 4.74 Å². The SMILES string of the molecule is CCCOc1cccc(C(=O)C(C#N)CCC)c1. The maximum absolute atomic E-state index is 12.1. The molecule has 0 aliphatic rings. The Hall–Kier alpha value is -1.82. The highest BCUT2D eigenvalue weighted by Crippen LogP contribution is 2.18. The largest absolute Gasteiger partial charge is 0.494 e. The number of carbonyl (C=O) groups is 1. The number of hydrogen-bond acceptors (Lipinski definition) is 3. The van der Waals surface area contributed by atoms with Crippen molar-refractivity contribution < 1.29 is 9.53 Å². The van der Waals surface area contributed by atoms with E-state index in [9.17, 15) is 4.79 Å². The average Bonchev–Trinajstić information content (AvgIpc) is 2.42. The van der Waals surface area contributed by atoms with Crippen LogP contribution in [-0.4, -0.2) is 12.4 Å². The van der Waals surface area contributed by atoms with Crippen LogP contribution in [0.3, 0.4) is 0 Å². The van der Waals surface area contributed by atoms with Gasteiger partial charge in [-0.1, -0.05) is 32.4 Å². The molecule has 0 heterocycles. The molecule has 1 rings (SSSR count). The van der Waals surface area contributed by atoms with Crippen molar-refractivity contribution in [2.24, 2.45) is 5.92 Å². The number of ketones is 1. The van der Waals surface area contributed by atoms with Crippen LogP contribution >= 0.6 is 0 Å². The van der Waals surface area contributed by atoms with Gasteiger partial charge in [0.2, 0.25) is 0 Å². The number of rotatable bonds is 7. The van der Waals surface area contributed by atoms with E-state index >= 15 is 0 Å². The van der Waals surface area contributed by atoms with Crippen molar-refractivity contribution in [2.75, 3.05) is 6.61 Å². The topological polar surface area (TPSA) is 50.1 Å². The molecule has 3 nitrogen and oxygen atoms in total. The Bertz CT molecular complexity index is 434. The van der Waals surface area contributed by atoms with Gasteiger partial charge in [0.05, 0.1) is 12.7 Å². The van der Waals surface area contributed by atoms with Gasteiger partial charge in [-0.05, 0) is 25.0 Å². The second-order valence-corrected chi connectivity index (χ2v) is 4.21. The number of nitrogens with zero attached hydrogens (tertiary/aromatic N) is 1. The first kappa shape index (κ1) is 14.2. The molecule has 0 aliphatic heterocycles. The molecule has 18 heavy (non-hydrogen) atoms.